The van der Waals surface area contributed by atoms with Crippen LogP contribution in [0, 0.1) is 0 Å². The number of nitrogens with two attached hydrogens (primary N) is 3. The van der Waals surface area contributed by atoms with E-state index in [0.717, 1.165) is 38.5 Å². The minimum absolute atomic E-state index is 0.00271. The summed E-state index contributed by atoms with van der Waals surface area (Å²) in [5, 5.41) is 0. The number of Topliss-reactive ketones (excluding diaryl/α,β-unsaturated/α-hetero) is 1. The molecule has 0 unspecified atom stereocenters. The molecule has 0 spiro atoms. The van der Waals surface area contributed by atoms with Gasteiger partial charge in [0.15, 0.2) is 17.3 Å². The molecule has 0 saturated carbocycles. The number of carbonyl (C=O) groups excluding carboxylic acids is 2. The fraction of sp³-hybridized carbons (Fsp3) is 0.929. The van der Waals surface area contributed by atoms with Crippen LogP contribution in [0.1, 0.15) is 232 Å². The monoisotopic (exact) mass is 693 g/mol. The Balaban J connectivity index is 4.01. The highest BCUT2D eigenvalue weighted by Crippen LogP contribution is 2.20. The lowest BCUT2D eigenvalue weighted by molar-refractivity contribution is -0.154. The lowest BCUT2D eigenvalue weighted by atomic mass is 9.86. The van der Waals surface area contributed by atoms with Crippen molar-refractivity contribution in [3.8, 4) is 0 Å². The van der Waals surface area contributed by atoms with Crippen molar-refractivity contribution in [3.63, 3.8) is 0 Å². The first kappa shape index (κ1) is 47.4. The van der Waals surface area contributed by atoms with Crippen molar-refractivity contribution in [1.29, 1.82) is 0 Å². The molecule has 7 nitrogen and oxygen atoms in total. The summed E-state index contributed by atoms with van der Waals surface area (Å²) < 4.78 is 5.58. The molecule has 0 aromatic rings. The number of hydrogen-bond acceptors (Lipinski definition) is 5. The van der Waals surface area contributed by atoms with E-state index in [2.05, 4.69) is 18.8 Å². The molecule has 6 N–H and O–H groups in total. The van der Waals surface area contributed by atoms with Crippen LogP contribution in [0.4, 0.5) is 0 Å². The summed E-state index contributed by atoms with van der Waals surface area (Å²) in [5.74, 6) is -0.818. The molecule has 0 heterocycles. The van der Waals surface area contributed by atoms with Crippen LogP contribution in [-0.4, -0.2) is 36.4 Å². The van der Waals surface area contributed by atoms with E-state index in [0.29, 0.717) is 26.0 Å². The first-order chi connectivity index (χ1) is 23.9. The van der Waals surface area contributed by atoms with Crippen LogP contribution in [0.5, 0.6) is 0 Å². The fourth-order valence-electron chi connectivity index (χ4n) is 6.75. The zero-order valence-electron chi connectivity index (χ0n) is 32.9. The zero-order chi connectivity index (χ0) is 36.1. The van der Waals surface area contributed by atoms with Gasteiger partial charge in [0.2, 0.25) is 0 Å². The molecule has 0 aliphatic carbocycles. The van der Waals surface area contributed by atoms with Gasteiger partial charge in [0, 0.05) is 13.0 Å². The van der Waals surface area contributed by atoms with Gasteiger partial charge >= 0.3 is 5.97 Å². The van der Waals surface area contributed by atoms with Gasteiger partial charge in [-0.05, 0) is 25.7 Å². The van der Waals surface area contributed by atoms with E-state index < -0.39 is 11.5 Å². The van der Waals surface area contributed by atoms with Crippen molar-refractivity contribution in [2.45, 2.75) is 238 Å². The van der Waals surface area contributed by atoms with Crippen LogP contribution in [0.2, 0.25) is 0 Å². The SMILES string of the molecule is CCCCCCCCCCCCCCCCCCCCCCOC(=O)[C@@](N)(CCCN=C(N)N)C(=O)CCCCCCCCCCCCC. The van der Waals surface area contributed by atoms with Gasteiger partial charge < -0.3 is 21.9 Å². The summed E-state index contributed by atoms with van der Waals surface area (Å²) in [6.07, 6.45) is 40.8. The molecule has 0 aromatic heterocycles. The molecule has 7 heteroatoms. The average Bonchev–Trinajstić information content (AvgIpc) is 3.09. The number of rotatable bonds is 39. The average molecular weight is 693 g/mol. The molecule has 0 bridgehead atoms. The van der Waals surface area contributed by atoms with Crippen LogP contribution < -0.4 is 17.2 Å². The quantitative estimate of drug-likeness (QED) is 0.0193. The van der Waals surface area contributed by atoms with Crippen molar-refractivity contribution < 1.29 is 14.3 Å². The first-order valence-corrected chi connectivity index (χ1v) is 21.4. The van der Waals surface area contributed by atoms with Crippen LogP contribution in [-0.2, 0) is 14.3 Å². The minimum Gasteiger partial charge on any atom is -0.464 e. The lowest BCUT2D eigenvalue weighted by Crippen LogP contribution is -2.56. The fourth-order valence-corrected chi connectivity index (χ4v) is 6.75. The van der Waals surface area contributed by atoms with Gasteiger partial charge in [-0.15, -0.1) is 0 Å². The molecule has 0 rings (SSSR count). The van der Waals surface area contributed by atoms with Gasteiger partial charge in [0.25, 0.3) is 0 Å². The Hall–Kier alpha value is -1.63. The molecule has 0 aliphatic heterocycles. The molecular weight excluding hydrogens is 608 g/mol. The topological polar surface area (TPSA) is 134 Å². The second kappa shape index (κ2) is 36.2. The summed E-state index contributed by atoms with van der Waals surface area (Å²) in [6, 6.07) is 0. The van der Waals surface area contributed by atoms with Gasteiger partial charge in [0.1, 0.15) is 0 Å². The van der Waals surface area contributed by atoms with Gasteiger partial charge in [-0.25, -0.2) is 4.79 Å². The van der Waals surface area contributed by atoms with E-state index in [1.807, 2.05) is 0 Å². The Kier molecular flexibility index (Phi) is 35.0. The van der Waals surface area contributed by atoms with Crippen LogP contribution in [0.25, 0.3) is 0 Å². The maximum atomic E-state index is 13.2. The molecule has 0 aromatic carbocycles. The van der Waals surface area contributed by atoms with Crippen LogP contribution >= 0.6 is 0 Å². The van der Waals surface area contributed by atoms with E-state index in [4.69, 9.17) is 21.9 Å². The minimum atomic E-state index is -1.62. The normalized spacial score (nSPS) is 12.6. The third-order valence-corrected chi connectivity index (χ3v) is 10.1. The maximum absolute atomic E-state index is 13.2. The van der Waals surface area contributed by atoms with Crippen LogP contribution in [0.3, 0.4) is 0 Å². The standard InChI is InChI=1S/C42H84N4O3/c1-3-5-7-9-11-13-15-16-17-18-19-20-21-22-23-25-27-29-31-33-38-49-40(48)42(45,36-34-37-46-41(43)44)39(47)35-32-30-28-26-24-14-12-10-8-6-4-2/h3-38,45H2,1-2H3,(H4,43,44,46)/t42-/m1/s1. The van der Waals surface area contributed by atoms with E-state index in [-0.39, 0.29) is 18.2 Å². The predicted octanol–water partition coefficient (Wildman–Crippen LogP) is 11.4. The second-order valence-electron chi connectivity index (χ2n) is 14.9. The number of carbonyl (C=O) groups is 2. The van der Waals surface area contributed by atoms with E-state index in [1.165, 1.54) is 161 Å². The first-order valence-electron chi connectivity index (χ1n) is 21.4. The van der Waals surface area contributed by atoms with Gasteiger partial charge in [0.05, 0.1) is 6.61 Å². The Morgan fingerprint density at radius 2 is 0.816 bits per heavy atom. The summed E-state index contributed by atoms with van der Waals surface area (Å²) >= 11 is 0. The van der Waals surface area contributed by atoms with Gasteiger partial charge in [-0.2, -0.15) is 0 Å². The summed E-state index contributed by atoms with van der Waals surface area (Å²) in [5.41, 5.74) is 15.7. The number of hydrogen-bond donors (Lipinski definition) is 3. The zero-order valence-corrected chi connectivity index (χ0v) is 32.9. The highest BCUT2D eigenvalue weighted by Gasteiger charge is 2.42. The smallest absolute Gasteiger partial charge is 0.333 e. The third-order valence-electron chi connectivity index (χ3n) is 10.1. The number of unbranched alkanes of at least 4 members (excludes halogenated alkanes) is 29. The van der Waals surface area contributed by atoms with Gasteiger partial charge in [-0.1, -0.05) is 200 Å². The number of aliphatic imine (C=N–C) groups is 1. The van der Waals surface area contributed by atoms with E-state index in [9.17, 15) is 9.59 Å². The molecule has 1 atom stereocenters. The number of ketones is 1. The molecule has 0 amide bonds. The Morgan fingerprint density at radius 3 is 1.16 bits per heavy atom. The van der Waals surface area contributed by atoms with Crippen molar-refractivity contribution in [1.82, 2.24) is 0 Å². The highest BCUT2D eigenvalue weighted by molar-refractivity contribution is 6.08. The lowest BCUT2D eigenvalue weighted by Gasteiger charge is -2.26. The molecule has 49 heavy (non-hydrogen) atoms. The van der Waals surface area contributed by atoms with Crippen LogP contribution in [0.15, 0.2) is 4.99 Å². The number of esters is 1. The van der Waals surface area contributed by atoms with E-state index >= 15 is 0 Å². The Bertz CT molecular complexity index is 771. The molecular formula is C42H84N4O3. The number of ether oxygens (including phenoxy) is 1. The van der Waals surface area contributed by atoms with Crippen molar-refractivity contribution in [2.24, 2.45) is 22.2 Å². The van der Waals surface area contributed by atoms with Crippen molar-refractivity contribution in [2.75, 3.05) is 13.2 Å². The van der Waals surface area contributed by atoms with Gasteiger partial charge in [-0.3, -0.25) is 9.79 Å². The summed E-state index contributed by atoms with van der Waals surface area (Å²) in [4.78, 5) is 30.3. The Morgan fingerprint density at radius 1 is 0.490 bits per heavy atom. The number of guanidine groups is 1. The van der Waals surface area contributed by atoms with E-state index in [1.54, 1.807) is 0 Å². The third kappa shape index (κ3) is 30.9. The number of nitrogens with zero attached hydrogens (tertiary/aromatic N) is 1. The maximum Gasteiger partial charge on any atom is 0.333 e. The predicted molar refractivity (Wildman–Crippen MR) is 212 cm³/mol. The largest absolute Gasteiger partial charge is 0.464 e. The van der Waals surface area contributed by atoms with Crippen molar-refractivity contribution >= 4 is 17.7 Å². The molecule has 0 saturated heterocycles. The molecule has 0 radical (unpaired) electrons. The summed E-state index contributed by atoms with van der Waals surface area (Å²) in [7, 11) is 0. The highest BCUT2D eigenvalue weighted by atomic mass is 16.5. The Labute approximate surface area is 304 Å². The van der Waals surface area contributed by atoms with Crippen molar-refractivity contribution in [3.05, 3.63) is 0 Å². The summed E-state index contributed by atoms with van der Waals surface area (Å²) in [6.45, 7) is 5.18. The molecule has 0 fully saturated rings. The molecule has 290 valence electrons. The second-order valence-corrected chi connectivity index (χ2v) is 14.9. The molecule has 0 aliphatic rings.